The smallest absolute Gasteiger partial charge is 0.362 e. The Kier molecular flexibility index (Phi) is 8.89. The monoisotopic (exact) mass is 418 g/mol. The number of allylic oxidation sites excluding steroid dienone is 1. The van der Waals surface area contributed by atoms with Crippen molar-refractivity contribution in [2.75, 3.05) is 26.2 Å². The Balaban J connectivity index is 3.46. The summed E-state index contributed by atoms with van der Waals surface area (Å²) in [6, 6.07) is 0. The average Bonchev–Trinajstić information content (AvgIpc) is 2.97. The number of alkyl halides is 1. The fourth-order valence-corrected chi connectivity index (χ4v) is 3.04. The van der Waals surface area contributed by atoms with Gasteiger partial charge in [0.05, 0.1) is 26.2 Å². The molecule has 11 heteroatoms. The van der Waals surface area contributed by atoms with Gasteiger partial charge in [-0.3, -0.25) is 0 Å². The normalized spacial score (nSPS) is 11.9. The first-order chi connectivity index (χ1) is 12.8. The van der Waals surface area contributed by atoms with Crippen LogP contribution in [0.3, 0.4) is 0 Å². The number of hydrogen-bond donors (Lipinski definition) is 1. The quantitative estimate of drug-likeness (QED) is 0.170. The van der Waals surface area contributed by atoms with Gasteiger partial charge in [0.25, 0.3) is 0 Å². The number of rotatable bonds is 8. The Labute approximate surface area is 164 Å². The van der Waals surface area contributed by atoms with E-state index in [0.29, 0.717) is 5.56 Å². The van der Waals surface area contributed by atoms with E-state index in [9.17, 15) is 19.5 Å². The molecule has 1 N–H and O–H groups in total. The largest absolute Gasteiger partial charge is 0.508 e. The summed E-state index contributed by atoms with van der Waals surface area (Å²) in [5.41, 5.74) is -0.186. The van der Waals surface area contributed by atoms with Gasteiger partial charge < -0.3 is 19.3 Å². The standard InChI is InChI=1S/C16H19ClN2O7S/c1-5-25-14(21)10-8(3)12(16(23)24-4)27-13(10)19-18-11(9(20)7-17)15(22)26-6-2/h20H,5-7H2,1-4H3. The van der Waals surface area contributed by atoms with Crippen LogP contribution in [0.4, 0.5) is 5.00 Å². The molecular weight excluding hydrogens is 400 g/mol. The zero-order valence-electron chi connectivity index (χ0n) is 15.2. The maximum atomic E-state index is 12.2. The number of carbonyl (C=O) groups excluding carboxylic acids is 3. The van der Waals surface area contributed by atoms with Gasteiger partial charge in [-0.05, 0) is 26.3 Å². The molecule has 27 heavy (non-hydrogen) atoms. The topological polar surface area (TPSA) is 124 Å². The summed E-state index contributed by atoms with van der Waals surface area (Å²) in [6.45, 7) is 4.90. The maximum absolute atomic E-state index is 12.2. The molecule has 1 heterocycles. The number of esters is 3. The van der Waals surface area contributed by atoms with Gasteiger partial charge in [-0.25, -0.2) is 14.4 Å². The molecule has 0 atom stereocenters. The molecule has 1 rings (SSSR count). The molecule has 0 fully saturated rings. The Morgan fingerprint density at radius 2 is 1.78 bits per heavy atom. The van der Waals surface area contributed by atoms with Crippen molar-refractivity contribution in [3.05, 3.63) is 27.5 Å². The summed E-state index contributed by atoms with van der Waals surface area (Å²) in [6.07, 6.45) is 0. The molecule has 0 aromatic carbocycles. The lowest BCUT2D eigenvalue weighted by Gasteiger charge is -2.04. The number of aliphatic hydroxyl groups excluding tert-OH is 1. The highest BCUT2D eigenvalue weighted by Crippen LogP contribution is 2.37. The number of methoxy groups -OCH3 is 1. The number of halogens is 1. The number of thiophene rings is 1. The summed E-state index contributed by atoms with van der Waals surface area (Å²) in [7, 11) is 1.20. The van der Waals surface area contributed by atoms with Crippen LogP contribution in [0, 0.1) is 6.92 Å². The minimum atomic E-state index is -0.932. The Bertz CT molecular complexity index is 786. The summed E-state index contributed by atoms with van der Waals surface area (Å²) in [5.74, 6) is -3.24. The third-order valence-corrected chi connectivity index (χ3v) is 4.50. The molecule has 148 valence electrons. The minimum absolute atomic E-state index is 0.00974. The first kappa shape index (κ1) is 22.6. The van der Waals surface area contributed by atoms with Crippen molar-refractivity contribution >= 4 is 45.8 Å². The second kappa shape index (κ2) is 10.6. The Morgan fingerprint density at radius 1 is 1.15 bits per heavy atom. The second-order valence-electron chi connectivity index (χ2n) is 4.80. The summed E-state index contributed by atoms with van der Waals surface area (Å²) >= 11 is 6.37. The van der Waals surface area contributed by atoms with Crippen LogP contribution in [0.15, 0.2) is 21.7 Å². The molecule has 0 bridgehead atoms. The molecule has 1 aromatic rings. The van der Waals surface area contributed by atoms with Crippen molar-refractivity contribution in [2.45, 2.75) is 20.8 Å². The van der Waals surface area contributed by atoms with Gasteiger partial charge in [-0.15, -0.1) is 33.2 Å². The zero-order valence-corrected chi connectivity index (χ0v) is 16.8. The number of aliphatic hydroxyl groups is 1. The average molecular weight is 419 g/mol. The SMILES string of the molecule is CCOC(=O)C(N=Nc1sc(C(=O)OC)c(C)c1C(=O)OCC)=C(O)CCl. The van der Waals surface area contributed by atoms with Gasteiger partial charge in [0.1, 0.15) is 16.2 Å². The maximum Gasteiger partial charge on any atom is 0.362 e. The molecule has 9 nitrogen and oxygen atoms in total. The van der Waals surface area contributed by atoms with E-state index in [4.69, 9.17) is 21.1 Å². The molecule has 0 saturated heterocycles. The lowest BCUT2D eigenvalue weighted by Crippen LogP contribution is -2.09. The fourth-order valence-electron chi connectivity index (χ4n) is 1.87. The van der Waals surface area contributed by atoms with Gasteiger partial charge in [-0.2, -0.15) is 0 Å². The Morgan fingerprint density at radius 3 is 2.30 bits per heavy atom. The van der Waals surface area contributed by atoms with E-state index in [-0.39, 0.29) is 28.7 Å². The number of carbonyl (C=O) groups is 3. The lowest BCUT2D eigenvalue weighted by atomic mass is 10.1. The van der Waals surface area contributed by atoms with Crippen molar-refractivity contribution in [3.8, 4) is 0 Å². The fraction of sp³-hybridized carbons (Fsp3) is 0.438. The number of nitrogens with zero attached hydrogens (tertiary/aromatic N) is 2. The van der Waals surface area contributed by atoms with Gasteiger partial charge in [0.2, 0.25) is 5.70 Å². The second-order valence-corrected chi connectivity index (χ2v) is 6.06. The van der Waals surface area contributed by atoms with Crippen LogP contribution in [0.2, 0.25) is 0 Å². The van der Waals surface area contributed by atoms with Crippen LogP contribution in [-0.4, -0.2) is 49.2 Å². The Hall–Kier alpha value is -2.46. The van der Waals surface area contributed by atoms with E-state index in [2.05, 4.69) is 15.0 Å². The van der Waals surface area contributed by atoms with E-state index in [1.807, 2.05) is 0 Å². The highest BCUT2D eigenvalue weighted by atomic mass is 35.5. The molecule has 0 spiro atoms. The van der Waals surface area contributed by atoms with Crippen molar-refractivity contribution in [3.63, 3.8) is 0 Å². The van der Waals surface area contributed by atoms with Gasteiger partial charge in [-0.1, -0.05) is 0 Å². The number of azo groups is 1. The number of hydrogen-bond acceptors (Lipinski definition) is 10. The summed E-state index contributed by atoms with van der Waals surface area (Å²) in [4.78, 5) is 36.2. The van der Waals surface area contributed by atoms with E-state index >= 15 is 0 Å². The third-order valence-electron chi connectivity index (χ3n) is 3.09. The predicted molar refractivity (Wildman–Crippen MR) is 97.9 cm³/mol. The van der Waals surface area contributed by atoms with Crippen LogP contribution in [0.25, 0.3) is 0 Å². The molecule has 0 radical (unpaired) electrons. The molecule has 1 aromatic heterocycles. The van der Waals surface area contributed by atoms with E-state index in [1.54, 1.807) is 13.8 Å². The van der Waals surface area contributed by atoms with Gasteiger partial charge in [0, 0.05) is 0 Å². The molecule has 0 unspecified atom stereocenters. The summed E-state index contributed by atoms with van der Waals surface area (Å²) < 4.78 is 14.4. The van der Waals surface area contributed by atoms with Crippen LogP contribution in [0.1, 0.15) is 39.4 Å². The van der Waals surface area contributed by atoms with E-state index in [1.165, 1.54) is 14.0 Å². The van der Waals surface area contributed by atoms with Crippen LogP contribution < -0.4 is 0 Å². The van der Waals surface area contributed by atoms with E-state index < -0.39 is 35.2 Å². The molecule has 0 aliphatic rings. The zero-order chi connectivity index (χ0) is 20.6. The van der Waals surface area contributed by atoms with Crippen LogP contribution in [0.5, 0.6) is 0 Å². The molecule has 0 aliphatic heterocycles. The van der Waals surface area contributed by atoms with E-state index in [0.717, 1.165) is 11.3 Å². The first-order valence-electron chi connectivity index (χ1n) is 7.77. The summed E-state index contributed by atoms with van der Waals surface area (Å²) in [5, 5.41) is 17.3. The lowest BCUT2D eigenvalue weighted by molar-refractivity contribution is -0.138. The van der Waals surface area contributed by atoms with Gasteiger partial charge in [0.15, 0.2) is 5.00 Å². The van der Waals surface area contributed by atoms with Crippen LogP contribution in [-0.2, 0) is 19.0 Å². The van der Waals surface area contributed by atoms with Crippen molar-refractivity contribution in [2.24, 2.45) is 10.2 Å². The predicted octanol–water partition coefficient (Wildman–Crippen LogP) is 3.68. The molecule has 0 saturated carbocycles. The van der Waals surface area contributed by atoms with Crippen LogP contribution >= 0.6 is 22.9 Å². The number of ether oxygens (including phenoxy) is 3. The molecule has 0 aliphatic carbocycles. The third kappa shape index (κ3) is 5.51. The first-order valence-corrected chi connectivity index (χ1v) is 9.13. The van der Waals surface area contributed by atoms with Gasteiger partial charge >= 0.3 is 17.9 Å². The molecular formula is C16H19ClN2O7S. The van der Waals surface area contributed by atoms with Crippen molar-refractivity contribution in [1.82, 2.24) is 0 Å². The van der Waals surface area contributed by atoms with Crippen molar-refractivity contribution in [1.29, 1.82) is 0 Å². The highest BCUT2D eigenvalue weighted by Gasteiger charge is 2.27. The highest BCUT2D eigenvalue weighted by molar-refractivity contribution is 7.18. The minimum Gasteiger partial charge on any atom is -0.508 e. The molecule has 0 amide bonds. The van der Waals surface area contributed by atoms with Crippen molar-refractivity contribution < 1.29 is 33.7 Å².